The number of Topliss-reactive ketones (excluding diaryl/α,β-unsaturated/α-hetero) is 1. The molecule has 3 saturated carbocycles. The predicted octanol–water partition coefficient (Wildman–Crippen LogP) is 4.32. The predicted molar refractivity (Wildman–Crippen MR) is 81.7 cm³/mol. The van der Waals surface area contributed by atoms with E-state index in [-0.39, 0.29) is 22.5 Å². The SMILES string of the molecule is C=C1CC2(C)CCC1C(=O)C2O[Si](C)(C)C(C)(C)C. The maximum atomic E-state index is 12.6. The van der Waals surface area contributed by atoms with Gasteiger partial charge in [-0.3, -0.25) is 4.79 Å². The number of fused-ring (bicyclic) bond motifs is 3. The van der Waals surface area contributed by atoms with Gasteiger partial charge in [-0.15, -0.1) is 0 Å². The summed E-state index contributed by atoms with van der Waals surface area (Å²) in [5.74, 6) is 0.367. The van der Waals surface area contributed by atoms with Crippen LogP contribution in [0.4, 0.5) is 0 Å². The van der Waals surface area contributed by atoms with Gasteiger partial charge in [0, 0.05) is 11.3 Å². The van der Waals surface area contributed by atoms with Crippen LogP contribution >= 0.6 is 0 Å². The Labute approximate surface area is 118 Å². The van der Waals surface area contributed by atoms with Crippen molar-refractivity contribution in [2.75, 3.05) is 0 Å². The summed E-state index contributed by atoms with van der Waals surface area (Å²) in [6, 6.07) is 0. The van der Waals surface area contributed by atoms with Gasteiger partial charge in [0.25, 0.3) is 0 Å². The van der Waals surface area contributed by atoms with Crippen molar-refractivity contribution in [2.24, 2.45) is 11.3 Å². The molecular weight excluding hydrogens is 252 g/mol. The maximum absolute atomic E-state index is 12.6. The summed E-state index contributed by atoms with van der Waals surface area (Å²) >= 11 is 0. The van der Waals surface area contributed by atoms with E-state index in [2.05, 4.69) is 47.4 Å². The first-order valence-electron chi connectivity index (χ1n) is 7.37. The van der Waals surface area contributed by atoms with E-state index in [4.69, 9.17) is 4.43 Å². The summed E-state index contributed by atoms with van der Waals surface area (Å²) in [5, 5.41) is 0.150. The maximum Gasteiger partial charge on any atom is 0.193 e. The molecule has 3 fully saturated rings. The lowest BCUT2D eigenvalue weighted by Gasteiger charge is -2.53. The third-order valence-corrected chi connectivity index (χ3v) is 10.0. The molecule has 0 N–H and O–H groups in total. The molecule has 0 amide bonds. The van der Waals surface area contributed by atoms with Crippen LogP contribution in [0.5, 0.6) is 0 Å². The van der Waals surface area contributed by atoms with Crippen LogP contribution in [0.3, 0.4) is 0 Å². The minimum Gasteiger partial charge on any atom is -0.406 e. The number of carbonyl (C=O) groups is 1. The number of allylic oxidation sites excluding steroid dienone is 1. The Bertz CT molecular complexity index is 419. The summed E-state index contributed by atoms with van der Waals surface area (Å²) in [4.78, 5) is 12.6. The molecule has 0 aromatic rings. The van der Waals surface area contributed by atoms with Crippen LogP contribution < -0.4 is 0 Å². The van der Waals surface area contributed by atoms with Crippen LogP contribution in [-0.2, 0) is 9.22 Å². The quantitative estimate of drug-likeness (QED) is 0.556. The minimum absolute atomic E-state index is 0.0154. The molecule has 3 aliphatic carbocycles. The van der Waals surface area contributed by atoms with E-state index in [0.29, 0.717) is 5.78 Å². The van der Waals surface area contributed by atoms with Gasteiger partial charge in [-0.05, 0) is 37.4 Å². The third kappa shape index (κ3) is 2.36. The van der Waals surface area contributed by atoms with Crippen molar-refractivity contribution in [2.45, 2.75) is 71.2 Å². The smallest absolute Gasteiger partial charge is 0.193 e. The van der Waals surface area contributed by atoms with Crippen LogP contribution in [0, 0.1) is 11.3 Å². The van der Waals surface area contributed by atoms with Gasteiger partial charge in [-0.1, -0.05) is 39.8 Å². The monoisotopic (exact) mass is 280 g/mol. The molecule has 0 saturated heterocycles. The molecule has 2 bridgehead atoms. The topological polar surface area (TPSA) is 26.3 Å². The number of hydrogen-bond donors (Lipinski definition) is 0. The zero-order valence-electron chi connectivity index (χ0n) is 13.3. The molecule has 3 atom stereocenters. The third-order valence-electron chi connectivity index (χ3n) is 5.58. The molecule has 0 aliphatic heterocycles. The summed E-state index contributed by atoms with van der Waals surface area (Å²) in [5.41, 5.74) is 1.12. The van der Waals surface area contributed by atoms with Crippen molar-refractivity contribution in [3.63, 3.8) is 0 Å². The second kappa shape index (κ2) is 4.29. The first-order chi connectivity index (χ1) is 8.48. The number of hydrogen-bond acceptors (Lipinski definition) is 2. The average Bonchev–Trinajstić information content (AvgIpc) is 2.21. The van der Waals surface area contributed by atoms with Gasteiger partial charge >= 0.3 is 0 Å². The molecule has 19 heavy (non-hydrogen) atoms. The molecule has 3 unspecified atom stereocenters. The standard InChI is InChI=1S/C16H28O2Si/c1-11-10-16(5)9-8-12(11)13(17)14(16)18-19(6,7)15(2,3)4/h12,14H,1,8-10H2,2-7H3. The Hall–Kier alpha value is -0.413. The van der Waals surface area contributed by atoms with Crippen molar-refractivity contribution >= 4 is 14.1 Å². The highest BCUT2D eigenvalue weighted by molar-refractivity contribution is 6.74. The summed E-state index contributed by atoms with van der Waals surface area (Å²) in [6.07, 6.45) is 2.84. The van der Waals surface area contributed by atoms with E-state index in [9.17, 15) is 4.79 Å². The summed E-state index contributed by atoms with van der Waals surface area (Å²) < 4.78 is 6.49. The van der Waals surface area contributed by atoms with E-state index in [1.807, 2.05) is 0 Å². The van der Waals surface area contributed by atoms with Crippen LogP contribution in [0.1, 0.15) is 47.0 Å². The highest BCUT2D eigenvalue weighted by atomic mass is 28.4. The highest BCUT2D eigenvalue weighted by Crippen LogP contribution is 2.53. The summed E-state index contributed by atoms with van der Waals surface area (Å²) in [6.45, 7) is 17.5. The number of rotatable bonds is 2. The lowest BCUT2D eigenvalue weighted by molar-refractivity contribution is -0.144. The molecule has 0 aromatic heterocycles. The largest absolute Gasteiger partial charge is 0.406 e. The van der Waals surface area contributed by atoms with Crippen LogP contribution in [0.15, 0.2) is 12.2 Å². The van der Waals surface area contributed by atoms with Crippen LogP contribution in [0.2, 0.25) is 18.1 Å². The molecule has 3 rings (SSSR count). The van der Waals surface area contributed by atoms with E-state index in [1.165, 1.54) is 0 Å². The molecule has 0 aromatic carbocycles. The molecular formula is C16H28O2Si. The Morgan fingerprint density at radius 3 is 2.37 bits per heavy atom. The van der Waals surface area contributed by atoms with Crippen molar-refractivity contribution in [3.8, 4) is 0 Å². The molecule has 0 heterocycles. The average molecular weight is 280 g/mol. The summed E-state index contributed by atoms with van der Waals surface area (Å²) in [7, 11) is -1.89. The van der Waals surface area contributed by atoms with Gasteiger partial charge in [0.2, 0.25) is 0 Å². The van der Waals surface area contributed by atoms with E-state index in [1.54, 1.807) is 0 Å². The molecule has 3 heteroatoms. The molecule has 108 valence electrons. The Morgan fingerprint density at radius 1 is 1.37 bits per heavy atom. The molecule has 0 radical (unpaired) electrons. The van der Waals surface area contributed by atoms with Crippen LogP contribution in [-0.4, -0.2) is 20.2 Å². The van der Waals surface area contributed by atoms with Crippen molar-refractivity contribution in [1.29, 1.82) is 0 Å². The molecule has 3 aliphatic rings. The van der Waals surface area contributed by atoms with E-state index >= 15 is 0 Å². The van der Waals surface area contributed by atoms with Gasteiger partial charge < -0.3 is 4.43 Å². The first kappa shape index (κ1) is 15.0. The first-order valence-corrected chi connectivity index (χ1v) is 10.3. The van der Waals surface area contributed by atoms with Gasteiger partial charge in [0.15, 0.2) is 14.1 Å². The fraction of sp³-hybridized carbons (Fsp3) is 0.812. The normalized spacial score (nSPS) is 35.9. The second-order valence-corrected chi connectivity index (χ2v) is 13.0. The lowest BCUT2D eigenvalue weighted by Crippen LogP contribution is -2.58. The van der Waals surface area contributed by atoms with Crippen LogP contribution in [0.25, 0.3) is 0 Å². The fourth-order valence-electron chi connectivity index (χ4n) is 3.17. The lowest BCUT2D eigenvalue weighted by atomic mass is 9.58. The Balaban J connectivity index is 2.26. The zero-order chi connectivity index (χ0) is 14.6. The molecule has 0 spiro atoms. The molecule has 2 nitrogen and oxygen atoms in total. The Morgan fingerprint density at radius 2 is 1.95 bits per heavy atom. The fourth-order valence-corrected chi connectivity index (χ4v) is 4.52. The highest BCUT2D eigenvalue weighted by Gasteiger charge is 2.55. The van der Waals surface area contributed by atoms with Gasteiger partial charge in [0.1, 0.15) is 6.10 Å². The van der Waals surface area contributed by atoms with Crippen molar-refractivity contribution < 1.29 is 9.22 Å². The van der Waals surface area contributed by atoms with Gasteiger partial charge in [-0.25, -0.2) is 0 Å². The zero-order valence-corrected chi connectivity index (χ0v) is 14.3. The number of ketones is 1. The number of carbonyl (C=O) groups excluding carboxylic acids is 1. The van der Waals surface area contributed by atoms with E-state index in [0.717, 1.165) is 24.8 Å². The van der Waals surface area contributed by atoms with Crippen molar-refractivity contribution in [3.05, 3.63) is 12.2 Å². The Kier molecular flexibility index (Phi) is 3.38. The van der Waals surface area contributed by atoms with Gasteiger partial charge in [-0.2, -0.15) is 0 Å². The van der Waals surface area contributed by atoms with E-state index < -0.39 is 8.32 Å². The second-order valence-electron chi connectivity index (χ2n) is 8.24. The minimum atomic E-state index is -1.89. The van der Waals surface area contributed by atoms with Crippen molar-refractivity contribution in [1.82, 2.24) is 0 Å². The van der Waals surface area contributed by atoms with Gasteiger partial charge in [0.05, 0.1) is 0 Å².